The van der Waals surface area contributed by atoms with E-state index in [9.17, 15) is 4.79 Å². The number of benzene rings is 3. The van der Waals surface area contributed by atoms with Crippen LogP contribution in [-0.2, 0) is 31.4 Å². The quantitative estimate of drug-likeness (QED) is 0.322. The highest BCUT2D eigenvalue weighted by Crippen LogP contribution is 2.36. The highest BCUT2D eigenvalue weighted by molar-refractivity contribution is 5.98. The van der Waals surface area contributed by atoms with Gasteiger partial charge in [0, 0.05) is 63.5 Å². The van der Waals surface area contributed by atoms with Crippen LogP contribution < -0.4 is 24.6 Å². The van der Waals surface area contributed by atoms with Gasteiger partial charge in [0.2, 0.25) is 5.91 Å². The molecule has 2 aliphatic heterocycles. The first kappa shape index (κ1) is 27.7. The molecule has 1 N–H and O–H groups in total. The van der Waals surface area contributed by atoms with Gasteiger partial charge in [0.1, 0.15) is 17.3 Å². The molecule has 1 amide bonds. The zero-order chi connectivity index (χ0) is 29.1. The topological polar surface area (TPSA) is 75.1 Å². The molecule has 0 saturated carbocycles. The van der Waals surface area contributed by atoms with E-state index in [1.165, 1.54) is 16.8 Å². The second kappa shape index (κ2) is 12.2. The predicted molar refractivity (Wildman–Crippen MR) is 166 cm³/mol. The van der Waals surface area contributed by atoms with Crippen LogP contribution in [0.15, 0.2) is 72.9 Å². The van der Waals surface area contributed by atoms with Crippen LogP contribution in [0.25, 0.3) is 0 Å². The molecule has 6 rings (SSSR count). The molecule has 0 radical (unpaired) electrons. The summed E-state index contributed by atoms with van der Waals surface area (Å²) in [5, 5.41) is 7.88. The Morgan fingerprint density at radius 2 is 1.60 bits per heavy atom. The molecule has 0 unspecified atom stereocenters. The molecule has 4 aromatic rings. The Kier molecular flexibility index (Phi) is 8.01. The van der Waals surface area contributed by atoms with E-state index in [0.717, 1.165) is 67.0 Å². The maximum Gasteiger partial charge on any atom is 0.227 e. The summed E-state index contributed by atoms with van der Waals surface area (Å²) in [6.45, 7) is 5.12. The molecule has 3 heterocycles. The van der Waals surface area contributed by atoms with E-state index in [4.69, 9.17) is 9.47 Å². The van der Waals surface area contributed by atoms with Crippen LogP contribution in [0.5, 0.6) is 11.5 Å². The molecule has 9 nitrogen and oxygen atoms in total. The Morgan fingerprint density at radius 1 is 0.905 bits per heavy atom. The molecule has 2 aliphatic rings. The zero-order valence-electron chi connectivity index (χ0n) is 24.5. The number of anilines is 4. The third kappa shape index (κ3) is 5.78. The van der Waals surface area contributed by atoms with Gasteiger partial charge in [-0.1, -0.05) is 30.3 Å². The SMILES string of the molecule is COc1cc(CN2CCN(c3ccccc3CCC(=O)N3Cc4cnn(C)c4Nc4ccccc43)CC2)cc(OC)c1. The number of aryl methyl sites for hydroxylation is 2. The Morgan fingerprint density at radius 3 is 2.33 bits per heavy atom. The molecule has 1 fully saturated rings. The van der Waals surface area contributed by atoms with Crippen molar-refractivity contribution in [2.24, 2.45) is 7.05 Å². The van der Waals surface area contributed by atoms with E-state index in [0.29, 0.717) is 19.4 Å². The van der Waals surface area contributed by atoms with Gasteiger partial charge >= 0.3 is 0 Å². The van der Waals surface area contributed by atoms with Crippen molar-refractivity contribution in [3.8, 4) is 11.5 Å². The van der Waals surface area contributed by atoms with Crippen molar-refractivity contribution in [1.82, 2.24) is 14.7 Å². The second-order valence-electron chi connectivity index (χ2n) is 10.9. The molecular formula is C33H38N6O3. The minimum atomic E-state index is 0.106. The zero-order valence-corrected chi connectivity index (χ0v) is 24.5. The number of aromatic nitrogens is 2. The van der Waals surface area contributed by atoms with E-state index >= 15 is 0 Å². The van der Waals surface area contributed by atoms with Gasteiger partial charge in [0.05, 0.1) is 38.3 Å². The van der Waals surface area contributed by atoms with E-state index in [2.05, 4.69) is 56.6 Å². The number of methoxy groups -OCH3 is 2. The van der Waals surface area contributed by atoms with Gasteiger partial charge in [-0.2, -0.15) is 5.10 Å². The molecule has 1 saturated heterocycles. The molecule has 0 atom stereocenters. The fourth-order valence-corrected chi connectivity index (χ4v) is 5.95. The number of carbonyl (C=O) groups excluding carboxylic acids is 1. The van der Waals surface area contributed by atoms with E-state index in [1.54, 1.807) is 14.2 Å². The van der Waals surface area contributed by atoms with E-state index < -0.39 is 0 Å². The lowest BCUT2D eigenvalue weighted by Gasteiger charge is -2.37. The minimum Gasteiger partial charge on any atom is -0.497 e. The van der Waals surface area contributed by atoms with Crippen molar-refractivity contribution in [1.29, 1.82) is 0 Å². The third-order valence-corrected chi connectivity index (χ3v) is 8.22. The summed E-state index contributed by atoms with van der Waals surface area (Å²) in [7, 11) is 5.28. The number of piperazine rings is 1. The van der Waals surface area contributed by atoms with Gasteiger partial charge in [-0.3, -0.25) is 14.4 Å². The lowest BCUT2D eigenvalue weighted by Crippen LogP contribution is -2.46. The Balaban J connectivity index is 1.11. The number of rotatable bonds is 8. The first-order chi connectivity index (χ1) is 20.5. The summed E-state index contributed by atoms with van der Waals surface area (Å²) in [6.07, 6.45) is 2.96. The van der Waals surface area contributed by atoms with Crippen LogP contribution in [0, 0.1) is 0 Å². The fourth-order valence-electron chi connectivity index (χ4n) is 5.95. The molecule has 0 spiro atoms. The van der Waals surface area contributed by atoms with Crippen LogP contribution in [0.4, 0.5) is 22.9 Å². The summed E-state index contributed by atoms with van der Waals surface area (Å²) in [6, 6.07) is 22.6. The summed E-state index contributed by atoms with van der Waals surface area (Å²) >= 11 is 0. The van der Waals surface area contributed by atoms with Crippen LogP contribution in [0.3, 0.4) is 0 Å². The van der Waals surface area contributed by atoms with Crippen LogP contribution >= 0.6 is 0 Å². The first-order valence-corrected chi connectivity index (χ1v) is 14.5. The smallest absolute Gasteiger partial charge is 0.227 e. The number of para-hydroxylation sites is 3. The average molecular weight is 567 g/mol. The van der Waals surface area contributed by atoms with Crippen molar-refractivity contribution in [3.05, 3.63) is 89.6 Å². The summed E-state index contributed by atoms with van der Waals surface area (Å²) < 4.78 is 12.7. The Bertz CT molecular complexity index is 1540. The highest BCUT2D eigenvalue weighted by atomic mass is 16.5. The van der Waals surface area contributed by atoms with Crippen molar-refractivity contribution in [2.45, 2.75) is 25.9 Å². The summed E-state index contributed by atoms with van der Waals surface area (Å²) in [5.74, 6) is 2.65. The number of amides is 1. The molecule has 9 heteroatoms. The van der Waals surface area contributed by atoms with E-state index in [1.807, 2.05) is 53.2 Å². The number of nitrogens with one attached hydrogen (secondary N) is 1. The number of ether oxygens (including phenoxy) is 2. The molecule has 42 heavy (non-hydrogen) atoms. The van der Waals surface area contributed by atoms with Crippen molar-refractivity contribution in [2.75, 3.05) is 55.5 Å². The average Bonchev–Trinajstić information content (AvgIpc) is 3.27. The lowest BCUT2D eigenvalue weighted by molar-refractivity contribution is -0.118. The third-order valence-electron chi connectivity index (χ3n) is 8.22. The largest absolute Gasteiger partial charge is 0.497 e. The van der Waals surface area contributed by atoms with Gasteiger partial charge < -0.3 is 24.6 Å². The highest BCUT2D eigenvalue weighted by Gasteiger charge is 2.26. The van der Waals surface area contributed by atoms with Gasteiger partial charge in [0.15, 0.2) is 0 Å². The first-order valence-electron chi connectivity index (χ1n) is 14.5. The Labute approximate surface area is 247 Å². The molecule has 3 aromatic carbocycles. The van der Waals surface area contributed by atoms with Gasteiger partial charge in [0.25, 0.3) is 0 Å². The Hall–Kier alpha value is -4.50. The molecular weight excluding hydrogens is 528 g/mol. The number of hydrogen-bond donors (Lipinski definition) is 1. The minimum absolute atomic E-state index is 0.106. The normalized spacial score (nSPS) is 14.9. The van der Waals surface area contributed by atoms with Crippen LogP contribution in [0.2, 0.25) is 0 Å². The lowest BCUT2D eigenvalue weighted by atomic mass is 10.0. The standard InChI is InChI=1S/C33H38N6O3/c1-36-33-26(21-34-36)23-39(31-11-7-5-9-29(31)35-33)32(40)13-12-25-8-4-6-10-30(25)38-16-14-37(15-17-38)22-24-18-27(41-2)20-28(19-24)42-3/h4-11,18-21,35H,12-17,22-23H2,1-3H3. The summed E-state index contributed by atoms with van der Waals surface area (Å²) in [4.78, 5) is 20.5. The molecule has 218 valence electrons. The predicted octanol–water partition coefficient (Wildman–Crippen LogP) is 4.98. The van der Waals surface area contributed by atoms with Crippen LogP contribution in [-0.4, -0.2) is 61.0 Å². The van der Waals surface area contributed by atoms with Gasteiger partial charge in [-0.05, 0) is 47.9 Å². The number of carbonyl (C=O) groups is 1. The van der Waals surface area contributed by atoms with Gasteiger partial charge in [-0.25, -0.2) is 0 Å². The van der Waals surface area contributed by atoms with Gasteiger partial charge in [-0.15, -0.1) is 0 Å². The second-order valence-corrected chi connectivity index (χ2v) is 10.9. The van der Waals surface area contributed by atoms with Crippen molar-refractivity contribution >= 4 is 28.8 Å². The monoisotopic (exact) mass is 566 g/mol. The fraction of sp³-hybridized carbons (Fsp3) is 0.333. The van der Waals surface area contributed by atoms with Crippen molar-refractivity contribution in [3.63, 3.8) is 0 Å². The molecule has 0 aliphatic carbocycles. The maximum atomic E-state index is 13.7. The van der Waals surface area contributed by atoms with E-state index in [-0.39, 0.29) is 5.91 Å². The number of nitrogens with zero attached hydrogens (tertiary/aromatic N) is 5. The number of fused-ring (bicyclic) bond motifs is 2. The van der Waals surface area contributed by atoms with Crippen molar-refractivity contribution < 1.29 is 14.3 Å². The maximum absolute atomic E-state index is 13.7. The summed E-state index contributed by atoms with van der Waals surface area (Å²) in [5.41, 5.74) is 6.44. The van der Waals surface area contributed by atoms with Crippen LogP contribution in [0.1, 0.15) is 23.1 Å². The number of hydrogen-bond acceptors (Lipinski definition) is 7. The molecule has 0 bridgehead atoms. The molecule has 1 aromatic heterocycles.